The highest BCUT2D eigenvalue weighted by Gasteiger charge is 2.26. The van der Waals surface area contributed by atoms with Gasteiger partial charge in [0.2, 0.25) is 5.91 Å². The highest BCUT2D eigenvalue weighted by atomic mass is 35.5. The Morgan fingerprint density at radius 2 is 2.33 bits per heavy atom. The smallest absolute Gasteiger partial charge is 0.237 e. The van der Waals surface area contributed by atoms with Gasteiger partial charge in [0.15, 0.2) is 0 Å². The Labute approximate surface area is 132 Å². The summed E-state index contributed by atoms with van der Waals surface area (Å²) in [7, 11) is 0. The van der Waals surface area contributed by atoms with E-state index in [9.17, 15) is 4.79 Å². The first-order valence-corrected chi connectivity index (χ1v) is 8.24. The molecule has 0 radical (unpaired) electrons. The Bertz CT molecular complexity index is 478. The van der Waals surface area contributed by atoms with Crippen LogP contribution in [0.2, 0.25) is 5.02 Å². The van der Waals surface area contributed by atoms with Gasteiger partial charge < -0.3 is 10.6 Å². The van der Waals surface area contributed by atoms with E-state index in [1.165, 1.54) is 6.42 Å². The highest BCUT2D eigenvalue weighted by Crippen LogP contribution is 2.19. The van der Waals surface area contributed by atoms with Gasteiger partial charge in [-0.3, -0.25) is 4.79 Å². The van der Waals surface area contributed by atoms with E-state index in [2.05, 4.69) is 17.6 Å². The van der Waals surface area contributed by atoms with Crippen LogP contribution in [0.1, 0.15) is 38.7 Å². The van der Waals surface area contributed by atoms with Crippen LogP contribution in [0.15, 0.2) is 24.3 Å². The summed E-state index contributed by atoms with van der Waals surface area (Å²) < 4.78 is 0. The Kier molecular flexibility index (Phi) is 6.07. The fraction of sp³-hybridized carbons (Fsp3) is 0.588. The zero-order valence-corrected chi connectivity index (χ0v) is 13.6. The summed E-state index contributed by atoms with van der Waals surface area (Å²) in [6.07, 6.45) is 4.09. The summed E-state index contributed by atoms with van der Waals surface area (Å²) in [6, 6.07) is 7.88. The molecule has 116 valence electrons. The molecule has 1 aromatic carbocycles. The van der Waals surface area contributed by atoms with Crippen LogP contribution in [0.3, 0.4) is 0 Å². The SMILES string of the molecule is CCC1CCNC(C(=O)NC(C)Cc2cccc(Cl)c2)C1. The third-order valence-electron chi connectivity index (χ3n) is 4.23. The lowest BCUT2D eigenvalue weighted by Gasteiger charge is -2.29. The van der Waals surface area contributed by atoms with Crippen LogP contribution in [0.25, 0.3) is 0 Å². The third-order valence-corrected chi connectivity index (χ3v) is 4.46. The predicted octanol–water partition coefficient (Wildman–Crippen LogP) is 3.17. The maximum absolute atomic E-state index is 12.3. The fourth-order valence-electron chi connectivity index (χ4n) is 2.98. The van der Waals surface area contributed by atoms with Gasteiger partial charge in [0, 0.05) is 11.1 Å². The highest BCUT2D eigenvalue weighted by molar-refractivity contribution is 6.30. The molecule has 0 spiro atoms. The van der Waals surface area contributed by atoms with Gasteiger partial charge in [0.25, 0.3) is 0 Å². The Balaban J connectivity index is 1.84. The molecule has 2 N–H and O–H groups in total. The van der Waals surface area contributed by atoms with Gasteiger partial charge in [-0.15, -0.1) is 0 Å². The summed E-state index contributed by atoms with van der Waals surface area (Å²) in [6.45, 7) is 5.19. The lowest BCUT2D eigenvalue weighted by molar-refractivity contribution is -0.124. The van der Waals surface area contributed by atoms with Crippen LogP contribution in [-0.4, -0.2) is 24.5 Å². The molecule has 2 rings (SSSR count). The number of carbonyl (C=O) groups is 1. The molecule has 1 aliphatic heterocycles. The predicted molar refractivity (Wildman–Crippen MR) is 87.6 cm³/mol. The van der Waals surface area contributed by atoms with Gasteiger partial charge in [-0.1, -0.05) is 37.1 Å². The third kappa shape index (κ3) is 5.01. The summed E-state index contributed by atoms with van der Waals surface area (Å²) in [5.41, 5.74) is 1.15. The molecule has 3 unspecified atom stereocenters. The van der Waals surface area contributed by atoms with Gasteiger partial charge in [-0.25, -0.2) is 0 Å². The number of nitrogens with one attached hydrogen (secondary N) is 2. The first-order valence-electron chi connectivity index (χ1n) is 7.86. The van der Waals surface area contributed by atoms with Crippen LogP contribution < -0.4 is 10.6 Å². The molecule has 4 heteroatoms. The summed E-state index contributed by atoms with van der Waals surface area (Å²) in [4.78, 5) is 12.3. The quantitative estimate of drug-likeness (QED) is 0.877. The number of piperidine rings is 1. The van der Waals surface area contributed by atoms with E-state index in [0.717, 1.165) is 36.4 Å². The first kappa shape index (κ1) is 16.3. The number of hydrogen-bond acceptors (Lipinski definition) is 2. The van der Waals surface area contributed by atoms with E-state index in [-0.39, 0.29) is 18.0 Å². The number of hydrogen-bond donors (Lipinski definition) is 2. The largest absolute Gasteiger partial charge is 0.352 e. The Morgan fingerprint density at radius 3 is 3.05 bits per heavy atom. The molecule has 1 aliphatic rings. The van der Waals surface area contributed by atoms with Crippen LogP contribution >= 0.6 is 11.6 Å². The normalized spacial score (nSPS) is 23.6. The van der Waals surface area contributed by atoms with E-state index >= 15 is 0 Å². The van der Waals surface area contributed by atoms with Crippen LogP contribution in [0.4, 0.5) is 0 Å². The molecule has 3 atom stereocenters. The molecule has 1 aromatic rings. The minimum Gasteiger partial charge on any atom is -0.352 e. The van der Waals surface area contributed by atoms with Gasteiger partial charge in [-0.2, -0.15) is 0 Å². The molecule has 0 aliphatic carbocycles. The van der Waals surface area contributed by atoms with E-state index < -0.39 is 0 Å². The standard InChI is InChI=1S/C17H25ClN2O/c1-3-13-7-8-19-16(11-13)17(21)20-12(2)9-14-5-4-6-15(18)10-14/h4-6,10,12-13,16,19H,3,7-9,11H2,1-2H3,(H,20,21). The van der Waals surface area contributed by atoms with Crippen molar-refractivity contribution in [2.45, 2.75) is 51.6 Å². The van der Waals surface area contributed by atoms with Crippen LogP contribution in [0, 0.1) is 5.92 Å². The van der Waals surface area contributed by atoms with Crippen LogP contribution in [0.5, 0.6) is 0 Å². The van der Waals surface area contributed by atoms with Crippen LogP contribution in [-0.2, 0) is 11.2 Å². The van der Waals surface area contributed by atoms with Crippen molar-refractivity contribution in [1.82, 2.24) is 10.6 Å². The summed E-state index contributed by atoms with van der Waals surface area (Å²) >= 11 is 5.99. The number of carbonyl (C=O) groups excluding carboxylic acids is 1. The average Bonchev–Trinajstić information content (AvgIpc) is 2.47. The van der Waals surface area contributed by atoms with E-state index in [4.69, 9.17) is 11.6 Å². The first-order chi connectivity index (χ1) is 10.1. The molecular weight excluding hydrogens is 284 g/mol. The van der Waals surface area contributed by atoms with Crippen molar-refractivity contribution in [3.63, 3.8) is 0 Å². The van der Waals surface area contributed by atoms with E-state index in [0.29, 0.717) is 5.92 Å². The summed E-state index contributed by atoms with van der Waals surface area (Å²) in [5.74, 6) is 0.799. The number of rotatable bonds is 5. The zero-order chi connectivity index (χ0) is 15.2. The van der Waals surface area contributed by atoms with Gasteiger partial charge in [-0.05, 0) is 56.3 Å². The Morgan fingerprint density at radius 1 is 1.52 bits per heavy atom. The molecule has 1 saturated heterocycles. The molecule has 0 bridgehead atoms. The molecule has 3 nitrogen and oxygen atoms in total. The van der Waals surface area contributed by atoms with Crippen molar-refractivity contribution >= 4 is 17.5 Å². The fourth-order valence-corrected chi connectivity index (χ4v) is 3.19. The molecule has 21 heavy (non-hydrogen) atoms. The van der Waals surface area contributed by atoms with Crippen molar-refractivity contribution in [3.8, 4) is 0 Å². The lowest BCUT2D eigenvalue weighted by Crippen LogP contribution is -2.51. The minimum absolute atomic E-state index is 0.0366. The zero-order valence-electron chi connectivity index (χ0n) is 12.9. The van der Waals surface area contributed by atoms with Crippen molar-refractivity contribution in [1.29, 1.82) is 0 Å². The lowest BCUT2D eigenvalue weighted by atomic mass is 9.90. The van der Waals surface area contributed by atoms with Crippen molar-refractivity contribution < 1.29 is 4.79 Å². The maximum atomic E-state index is 12.3. The Hall–Kier alpha value is -1.06. The number of amides is 1. The topological polar surface area (TPSA) is 41.1 Å². The molecule has 0 saturated carbocycles. The summed E-state index contributed by atoms with van der Waals surface area (Å²) in [5, 5.41) is 7.19. The van der Waals surface area contributed by atoms with Gasteiger partial charge in [0.1, 0.15) is 0 Å². The molecular formula is C17H25ClN2O. The second kappa shape index (κ2) is 7.81. The number of benzene rings is 1. The second-order valence-corrected chi connectivity index (χ2v) is 6.49. The second-order valence-electron chi connectivity index (χ2n) is 6.05. The van der Waals surface area contributed by atoms with E-state index in [1.807, 2.05) is 31.2 Å². The van der Waals surface area contributed by atoms with Crippen molar-refractivity contribution in [2.24, 2.45) is 5.92 Å². The monoisotopic (exact) mass is 308 g/mol. The van der Waals surface area contributed by atoms with E-state index in [1.54, 1.807) is 0 Å². The van der Waals surface area contributed by atoms with Crippen molar-refractivity contribution in [3.05, 3.63) is 34.9 Å². The number of halogens is 1. The maximum Gasteiger partial charge on any atom is 0.237 e. The molecule has 1 heterocycles. The molecule has 0 aromatic heterocycles. The molecule has 1 amide bonds. The molecule has 1 fully saturated rings. The average molecular weight is 309 g/mol. The van der Waals surface area contributed by atoms with Gasteiger partial charge in [0.05, 0.1) is 6.04 Å². The van der Waals surface area contributed by atoms with Crippen molar-refractivity contribution in [2.75, 3.05) is 6.54 Å². The minimum atomic E-state index is -0.0366. The van der Waals surface area contributed by atoms with Gasteiger partial charge >= 0.3 is 0 Å².